The second kappa shape index (κ2) is 8.46. The number of ether oxygens (including phenoxy) is 5. The van der Waals surface area contributed by atoms with Crippen LogP contribution in [0.25, 0.3) is 11.3 Å². The molecule has 1 unspecified atom stereocenters. The van der Waals surface area contributed by atoms with Gasteiger partial charge in [-0.3, -0.25) is 0 Å². The summed E-state index contributed by atoms with van der Waals surface area (Å²) in [4.78, 5) is 13.4. The molecule has 2 aliphatic rings. The van der Waals surface area contributed by atoms with E-state index in [2.05, 4.69) is 0 Å². The first-order valence-electron chi connectivity index (χ1n) is 11.5. The van der Waals surface area contributed by atoms with Crippen molar-refractivity contribution in [2.45, 2.75) is 18.3 Å². The van der Waals surface area contributed by atoms with Crippen molar-refractivity contribution in [2.24, 2.45) is 0 Å². The van der Waals surface area contributed by atoms with Gasteiger partial charge in [0, 0.05) is 23.6 Å². The van der Waals surface area contributed by atoms with Crippen LogP contribution in [0.3, 0.4) is 0 Å². The van der Waals surface area contributed by atoms with E-state index in [9.17, 15) is 4.79 Å². The summed E-state index contributed by atoms with van der Waals surface area (Å²) in [6, 6.07) is 22.6. The normalized spacial score (nSPS) is 19.5. The van der Waals surface area contributed by atoms with Crippen molar-refractivity contribution in [3.8, 4) is 34.3 Å². The Morgan fingerprint density at radius 3 is 2.28 bits per heavy atom. The minimum absolute atomic E-state index is 0.312. The topological polar surface area (TPSA) is 76.4 Å². The van der Waals surface area contributed by atoms with Crippen LogP contribution in [0.15, 0.2) is 82.0 Å². The first-order chi connectivity index (χ1) is 17.5. The lowest BCUT2D eigenvalue weighted by Crippen LogP contribution is -2.47. The van der Waals surface area contributed by atoms with Crippen molar-refractivity contribution < 1.29 is 28.1 Å². The van der Waals surface area contributed by atoms with Gasteiger partial charge in [0.2, 0.25) is 5.79 Å². The van der Waals surface area contributed by atoms with E-state index in [-0.39, 0.29) is 0 Å². The van der Waals surface area contributed by atoms with Gasteiger partial charge < -0.3 is 28.1 Å². The van der Waals surface area contributed by atoms with Gasteiger partial charge in [0.15, 0.2) is 11.5 Å². The van der Waals surface area contributed by atoms with E-state index >= 15 is 0 Å². The van der Waals surface area contributed by atoms with Crippen LogP contribution in [-0.4, -0.2) is 21.3 Å². The predicted molar refractivity (Wildman–Crippen MR) is 132 cm³/mol. The van der Waals surface area contributed by atoms with Gasteiger partial charge in [0.1, 0.15) is 28.9 Å². The second-order valence-corrected chi connectivity index (χ2v) is 8.71. The Morgan fingerprint density at radius 2 is 1.58 bits per heavy atom. The highest BCUT2D eigenvalue weighted by molar-refractivity contribution is 5.61. The SMILES string of the molecule is COc1ccc([C@]23Cc4cc(OC)c(OC)cc4C(O2)c2c(cc(-c4ccccc4)oc2=O)O3)cc1. The van der Waals surface area contributed by atoms with E-state index in [1.807, 2.05) is 66.7 Å². The van der Waals surface area contributed by atoms with Crippen LogP contribution in [0, 0.1) is 0 Å². The van der Waals surface area contributed by atoms with Gasteiger partial charge in [-0.05, 0) is 47.5 Å². The largest absolute Gasteiger partial charge is 0.497 e. The highest BCUT2D eigenvalue weighted by atomic mass is 16.7. The van der Waals surface area contributed by atoms with Crippen LogP contribution in [-0.2, 0) is 16.9 Å². The predicted octanol–water partition coefficient (Wildman–Crippen LogP) is 5.24. The number of rotatable bonds is 5. The molecule has 0 amide bonds. The van der Waals surface area contributed by atoms with Crippen LogP contribution >= 0.6 is 0 Å². The van der Waals surface area contributed by atoms with Crippen LogP contribution < -0.4 is 24.6 Å². The number of hydrogen-bond acceptors (Lipinski definition) is 7. The lowest BCUT2D eigenvalue weighted by atomic mass is 9.84. The van der Waals surface area contributed by atoms with Crippen LogP contribution in [0.2, 0.25) is 0 Å². The minimum Gasteiger partial charge on any atom is -0.497 e. The van der Waals surface area contributed by atoms with E-state index in [4.69, 9.17) is 28.1 Å². The molecule has 0 aliphatic carbocycles. The zero-order valence-electron chi connectivity index (χ0n) is 20.1. The molecule has 3 heterocycles. The maximum Gasteiger partial charge on any atom is 0.346 e. The maximum atomic E-state index is 13.4. The smallest absolute Gasteiger partial charge is 0.346 e. The molecule has 7 heteroatoms. The molecule has 0 spiro atoms. The Balaban J connectivity index is 1.58. The van der Waals surface area contributed by atoms with Gasteiger partial charge in [0.05, 0.1) is 21.3 Å². The van der Waals surface area contributed by atoms with Crippen LogP contribution in [0.5, 0.6) is 23.0 Å². The molecule has 36 heavy (non-hydrogen) atoms. The van der Waals surface area contributed by atoms with Crippen molar-refractivity contribution in [2.75, 3.05) is 21.3 Å². The Hall–Kier alpha value is -4.23. The van der Waals surface area contributed by atoms with E-state index in [1.165, 1.54) is 0 Å². The third kappa shape index (κ3) is 3.43. The molecule has 0 fully saturated rings. The lowest BCUT2D eigenvalue weighted by Gasteiger charge is -2.46. The van der Waals surface area contributed by atoms with Crippen LogP contribution in [0.1, 0.15) is 28.4 Å². The summed E-state index contributed by atoms with van der Waals surface area (Å²) in [6.07, 6.45) is -0.327. The van der Waals surface area contributed by atoms with Crippen molar-refractivity contribution in [1.82, 2.24) is 0 Å². The van der Waals surface area contributed by atoms with E-state index in [0.717, 1.165) is 28.0 Å². The molecule has 1 aromatic heterocycles. The third-order valence-electron chi connectivity index (χ3n) is 6.73. The molecule has 4 aromatic rings. The molecular formula is C29H24O7. The number of methoxy groups -OCH3 is 3. The molecule has 0 saturated heterocycles. The van der Waals surface area contributed by atoms with Gasteiger partial charge in [0.25, 0.3) is 0 Å². The Morgan fingerprint density at radius 1 is 0.861 bits per heavy atom. The zero-order valence-corrected chi connectivity index (χ0v) is 20.1. The average molecular weight is 485 g/mol. The quantitative estimate of drug-likeness (QED) is 0.383. The molecule has 0 radical (unpaired) electrons. The summed E-state index contributed by atoms with van der Waals surface area (Å²) in [6.45, 7) is 0. The van der Waals surface area contributed by atoms with E-state index in [0.29, 0.717) is 35.0 Å². The highest BCUT2D eigenvalue weighted by Gasteiger charge is 2.50. The maximum absolute atomic E-state index is 13.4. The van der Waals surface area contributed by atoms with Crippen molar-refractivity contribution in [3.05, 3.63) is 105 Å². The lowest BCUT2D eigenvalue weighted by molar-refractivity contribution is -0.238. The molecule has 182 valence electrons. The van der Waals surface area contributed by atoms with Crippen molar-refractivity contribution >= 4 is 0 Å². The summed E-state index contributed by atoms with van der Waals surface area (Å²) in [7, 11) is 4.79. The van der Waals surface area contributed by atoms with E-state index < -0.39 is 17.5 Å². The molecule has 6 rings (SSSR count). The Labute approximate surface area is 207 Å². The molecule has 2 bridgehead atoms. The Kier molecular flexibility index (Phi) is 5.23. The fourth-order valence-electron chi connectivity index (χ4n) is 4.95. The van der Waals surface area contributed by atoms with Crippen molar-refractivity contribution in [1.29, 1.82) is 0 Å². The van der Waals surface area contributed by atoms with Gasteiger partial charge in [-0.25, -0.2) is 4.79 Å². The number of fused-ring (bicyclic) bond motifs is 6. The highest BCUT2D eigenvalue weighted by Crippen LogP contribution is 2.53. The fraction of sp³-hybridized carbons (Fsp3) is 0.207. The van der Waals surface area contributed by atoms with Crippen LogP contribution in [0.4, 0.5) is 0 Å². The fourth-order valence-corrected chi connectivity index (χ4v) is 4.95. The number of hydrogen-bond donors (Lipinski definition) is 0. The molecular weight excluding hydrogens is 460 g/mol. The van der Waals surface area contributed by atoms with Gasteiger partial charge in [-0.15, -0.1) is 0 Å². The summed E-state index contributed by atoms with van der Waals surface area (Å²) in [5.41, 5.74) is 3.11. The Bertz CT molecular complexity index is 1490. The standard InChI is InChI=1S/C29H24O7/c1-31-20-11-9-19(10-12-20)29-16-18-13-23(32-2)24(33-3)14-21(18)27(36-29)26-25(35-29)15-22(34-28(26)30)17-7-5-4-6-8-17/h4-15,27H,16H2,1-3H3/t27?,29-/m0/s1. The molecule has 2 atom stereocenters. The molecule has 0 saturated carbocycles. The zero-order chi connectivity index (χ0) is 24.9. The summed E-state index contributed by atoms with van der Waals surface area (Å²) < 4.78 is 35.4. The third-order valence-corrected chi connectivity index (χ3v) is 6.73. The molecule has 3 aromatic carbocycles. The van der Waals surface area contributed by atoms with Gasteiger partial charge in [-0.2, -0.15) is 0 Å². The minimum atomic E-state index is -1.17. The van der Waals surface area contributed by atoms with Gasteiger partial charge >= 0.3 is 5.63 Å². The number of benzene rings is 3. The van der Waals surface area contributed by atoms with Gasteiger partial charge in [-0.1, -0.05) is 30.3 Å². The summed E-state index contributed by atoms with van der Waals surface area (Å²) in [5.74, 6) is 1.55. The van der Waals surface area contributed by atoms with E-state index in [1.54, 1.807) is 27.4 Å². The monoisotopic (exact) mass is 484 g/mol. The summed E-state index contributed by atoms with van der Waals surface area (Å²) >= 11 is 0. The molecule has 7 nitrogen and oxygen atoms in total. The van der Waals surface area contributed by atoms with Crippen molar-refractivity contribution in [3.63, 3.8) is 0 Å². The first kappa shape index (κ1) is 22.2. The second-order valence-electron chi connectivity index (χ2n) is 8.71. The summed E-state index contributed by atoms with van der Waals surface area (Å²) in [5, 5.41) is 0. The molecule has 0 N–H and O–H groups in total. The molecule has 2 aliphatic heterocycles. The average Bonchev–Trinajstić information content (AvgIpc) is 2.92. The first-order valence-corrected chi connectivity index (χ1v) is 11.5.